The first-order valence-corrected chi connectivity index (χ1v) is 10.0. The molecular weight excluding hydrogens is 376 g/mol. The maximum absolute atomic E-state index is 11.5. The summed E-state index contributed by atoms with van der Waals surface area (Å²) < 4.78 is 10.1. The van der Waals surface area contributed by atoms with E-state index in [9.17, 15) is 4.79 Å². The number of carbonyl (C=O) groups is 1. The van der Waals surface area contributed by atoms with Gasteiger partial charge in [0.05, 0.1) is 26.7 Å². The Balaban J connectivity index is 2.68. The second-order valence-electron chi connectivity index (χ2n) is 4.06. The molecule has 19 heavy (non-hydrogen) atoms. The Bertz CT molecular complexity index is 377. The van der Waals surface area contributed by atoms with Crippen molar-refractivity contribution in [3.8, 4) is 0 Å². The lowest BCUT2D eigenvalue weighted by Crippen LogP contribution is -2.35. The number of hydrogen-bond acceptors (Lipinski definition) is 4. The Morgan fingerprint density at radius 3 is 2.68 bits per heavy atom. The summed E-state index contributed by atoms with van der Waals surface area (Å²) >= 11 is 2.19. The van der Waals surface area contributed by atoms with Gasteiger partial charge >= 0.3 is 5.97 Å². The predicted octanol–water partition coefficient (Wildman–Crippen LogP) is 3.18. The highest BCUT2D eigenvalue weighted by atomic mass is 127. The van der Waals surface area contributed by atoms with E-state index in [1.54, 1.807) is 0 Å². The zero-order chi connectivity index (χ0) is 14.1. The van der Waals surface area contributed by atoms with Crippen molar-refractivity contribution in [1.29, 1.82) is 0 Å². The molecule has 2 atom stereocenters. The number of rotatable bonds is 8. The second-order valence-corrected chi connectivity index (χ2v) is 5.82. The number of esters is 1. The van der Waals surface area contributed by atoms with Crippen LogP contribution < -0.4 is 0 Å². The summed E-state index contributed by atoms with van der Waals surface area (Å²) in [6.45, 7) is 4.14. The van der Waals surface area contributed by atoms with Gasteiger partial charge in [0.1, 0.15) is 0 Å². The number of halogens is 1. The number of carbonyl (C=O) groups excluding carboxylic acids is 1. The van der Waals surface area contributed by atoms with E-state index >= 15 is 0 Å². The molecule has 0 aliphatic rings. The van der Waals surface area contributed by atoms with Gasteiger partial charge in [-0.1, -0.05) is 30.3 Å². The average Bonchev–Trinajstić information content (AvgIpc) is 2.46. The van der Waals surface area contributed by atoms with Crippen molar-refractivity contribution < 1.29 is 14.1 Å². The monoisotopic (exact) mass is 395 g/mol. The first-order chi connectivity index (χ1) is 9.19. The van der Waals surface area contributed by atoms with Gasteiger partial charge in [0, 0.05) is 12.6 Å². The van der Waals surface area contributed by atoms with Crippen molar-refractivity contribution in [3.05, 3.63) is 35.9 Å². The minimum absolute atomic E-state index is 0.154. The lowest BCUT2D eigenvalue weighted by Gasteiger charge is -2.28. The van der Waals surface area contributed by atoms with E-state index in [0.717, 1.165) is 0 Å². The Morgan fingerprint density at radius 1 is 1.42 bits per heavy atom. The molecule has 0 saturated carbocycles. The van der Waals surface area contributed by atoms with Crippen molar-refractivity contribution in [2.24, 2.45) is 0 Å². The quantitative estimate of drug-likeness (QED) is 0.293. The number of hydrogen-bond donors (Lipinski definition) is 0. The molecule has 0 bridgehead atoms. The topological polar surface area (TPSA) is 38.8 Å². The smallest absolute Gasteiger partial charge is 0.319 e. The number of nitrogens with zero attached hydrogens (tertiary/aromatic N) is 1. The molecule has 106 valence electrons. The van der Waals surface area contributed by atoms with Crippen LogP contribution in [0.2, 0.25) is 0 Å². The average molecular weight is 395 g/mol. The largest absolute Gasteiger partial charge is 0.468 e. The van der Waals surface area contributed by atoms with Gasteiger partial charge in [-0.15, -0.1) is 0 Å². The number of benzene rings is 1. The standard InChI is InChI=1S/C13H19INO3P/c1-11(12-6-4-3-5-7-12)15(8-9-18-19-14)10-13(16)17-2/h3-7,11,19H,8-10H2,1-2H3. The van der Waals surface area contributed by atoms with Gasteiger partial charge in [-0.3, -0.25) is 9.69 Å². The van der Waals surface area contributed by atoms with E-state index < -0.39 is 0 Å². The molecule has 1 aromatic rings. The summed E-state index contributed by atoms with van der Waals surface area (Å²) in [7, 11) is 1.41. The Morgan fingerprint density at radius 2 is 2.11 bits per heavy atom. The van der Waals surface area contributed by atoms with Crippen LogP contribution in [0.3, 0.4) is 0 Å². The van der Waals surface area contributed by atoms with Crippen molar-refractivity contribution in [3.63, 3.8) is 0 Å². The summed E-state index contributed by atoms with van der Waals surface area (Å²) in [5, 5.41) is 0. The lowest BCUT2D eigenvalue weighted by molar-refractivity contribution is -0.142. The molecule has 1 aromatic carbocycles. The van der Waals surface area contributed by atoms with Gasteiger partial charge in [0.25, 0.3) is 0 Å². The highest BCUT2D eigenvalue weighted by Gasteiger charge is 2.18. The fraction of sp³-hybridized carbons (Fsp3) is 0.462. The van der Waals surface area contributed by atoms with Crippen LogP contribution in [-0.2, 0) is 14.1 Å². The van der Waals surface area contributed by atoms with Crippen LogP contribution in [0.5, 0.6) is 0 Å². The molecule has 0 aliphatic carbocycles. The van der Waals surface area contributed by atoms with E-state index in [-0.39, 0.29) is 18.6 Å². The molecular formula is C13H19INO3P. The summed E-state index contributed by atoms with van der Waals surface area (Å²) in [6.07, 6.45) is 0. The van der Waals surface area contributed by atoms with Gasteiger partial charge in [-0.25, -0.2) is 0 Å². The van der Waals surface area contributed by atoms with E-state index in [4.69, 9.17) is 9.26 Å². The third-order valence-corrected chi connectivity index (χ3v) is 4.17. The fourth-order valence-corrected chi connectivity index (χ4v) is 2.61. The number of ether oxygens (including phenoxy) is 1. The van der Waals surface area contributed by atoms with Crippen LogP contribution in [0.1, 0.15) is 18.5 Å². The molecule has 0 aromatic heterocycles. The lowest BCUT2D eigenvalue weighted by atomic mass is 10.1. The summed E-state index contributed by atoms with van der Waals surface area (Å²) in [5.41, 5.74) is 1.18. The predicted molar refractivity (Wildman–Crippen MR) is 86.7 cm³/mol. The summed E-state index contributed by atoms with van der Waals surface area (Å²) in [5.74, 6) is -0.222. The molecule has 1 rings (SSSR count). The Labute approximate surface area is 129 Å². The molecule has 0 spiro atoms. The maximum atomic E-state index is 11.5. The van der Waals surface area contributed by atoms with E-state index in [2.05, 4.69) is 46.0 Å². The molecule has 0 N–H and O–H groups in total. The molecule has 2 unspecified atom stereocenters. The molecule has 0 heterocycles. The molecule has 0 saturated heterocycles. The van der Waals surface area contributed by atoms with Crippen molar-refractivity contribution in [1.82, 2.24) is 4.90 Å². The van der Waals surface area contributed by atoms with E-state index in [1.807, 2.05) is 18.2 Å². The SMILES string of the molecule is COC(=O)CN(CCOPI)C(C)c1ccccc1. The van der Waals surface area contributed by atoms with Crippen LogP contribution in [0.15, 0.2) is 30.3 Å². The van der Waals surface area contributed by atoms with Crippen LogP contribution in [0.4, 0.5) is 0 Å². The second kappa shape index (κ2) is 9.64. The minimum atomic E-state index is -0.222. The van der Waals surface area contributed by atoms with Crippen LogP contribution in [-0.4, -0.2) is 37.7 Å². The van der Waals surface area contributed by atoms with Gasteiger partial charge in [-0.2, -0.15) is 0 Å². The molecule has 0 radical (unpaired) electrons. The van der Waals surface area contributed by atoms with Crippen molar-refractivity contribution in [2.75, 3.05) is 26.8 Å². The van der Waals surface area contributed by atoms with Gasteiger partial charge in [-0.05, 0) is 34.5 Å². The summed E-state index contributed by atoms with van der Waals surface area (Å²) in [6, 6.07) is 10.3. The third-order valence-electron chi connectivity index (χ3n) is 2.92. The van der Waals surface area contributed by atoms with Gasteiger partial charge in [0.2, 0.25) is 0 Å². The fourth-order valence-electron chi connectivity index (χ4n) is 1.78. The first kappa shape index (κ1) is 16.8. The van der Waals surface area contributed by atoms with E-state index in [0.29, 0.717) is 19.6 Å². The van der Waals surface area contributed by atoms with E-state index in [1.165, 1.54) is 12.7 Å². The van der Waals surface area contributed by atoms with Gasteiger partial charge < -0.3 is 9.26 Å². The Hall–Kier alpha value is -0.230. The molecule has 0 aliphatic heterocycles. The maximum Gasteiger partial charge on any atom is 0.319 e. The van der Waals surface area contributed by atoms with Crippen LogP contribution >= 0.6 is 28.5 Å². The zero-order valence-corrected chi connectivity index (χ0v) is 14.3. The molecule has 4 nitrogen and oxygen atoms in total. The highest BCUT2D eigenvalue weighted by Crippen LogP contribution is 2.23. The summed E-state index contributed by atoms with van der Waals surface area (Å²) in [4.78, 5) is 13.6. The van der Waals surface area contributed by atoms with Crippen LogP contribution in [0, 0.1) is 0 Å². The van der Waals surface area contributed by atoms with Crippen molar-refractivity contribution >= 4 is 34.5 Å². The molecule has 0 amide bonds. The first-order valence-electron chi connectivity index (χ1n) is 6.02. The third kappa shape index (κ3) is 6.17. The highest BCUT2D eigenvalue weighted by molar-refractivity contribution is 14.2. The zero-order valence-electron chi connectivity index (χ0n) is 11.1. The molecule has 0 fully saturated rings. The normalized spacial score (nSPS) is 13.1. The molecule has 6 heteroatoms. The van der Waals surface area contributed by atoms with Gasteiger partial charge in [0.15, 0.2) is 0 Å². The number of methoxy groups -OCH3 is 1. The van der Waals surface area contributed by atoms with Crippen LogP contribution in [0.25, 0.3) is 0 Å². The van der Waals surface area contributed by atoms with Crippen molar-refractivity contribution in [2.45, 2.75) is 13.0 Å². The minimum Gasteiger partial charge on any atom is -0.468 e. The Kier molecular flexibility index (Phi) is 8.53.